The van der Waals surface area contributed by atoms with Gasteiger partial charge in [0.05, 0.1) is 11.7 Å². The zero-order valence-corrected chi connectivity index (χ0v) is 8.34. The second-order valence-corrected chi connectivity index (χ2v) is 3.11. The van der Waals surface area contributed by atoms with Gasteiger partial charge in [0, 0.05) is 0 Å². The van der Waals surface area contributed by atoms with Gasteiger partial charge in [-0.1, -0.05) is 5.16 Å². The molecule has 1 rings (SSSR count). The first-order chi connectivity index (χ1) is 7.47. The maximum atomic E-state index is 13.2. The number of nitrogens with two attached hydrogens (primary N) is 1. The second kappa shape index (κ2) is 4.73. The normalized spacial score (nSPS) is 13.6. The standard InChI is InChI=1S/C9H10F3N3O/c1-4(9(13)15-16)14-6-3-2-5(10)7(11)8(6)12/h2-4,14,16H,1H3,(H2,13,15). The molecule has 0 aromatic heterocycles. The lowest BCUT2D eigenvalue weighted by atomic mass is 10.2. The Labute approximate surface area is 89.6 Å². The third kappa shape index (κ3) is 2.36. The Balaban J connectivity index is 2.95. The van der Waals surface area contributed by atoms with E-state index in [-0.39, 0.29) is 11.5 Å². The van der Waals surface area contributed by atoms with Crippen LogP contribution in [0.1, 0.15) is 6.92 Å². The lowest BCUT2D eigenvalue weighted by Gasteiger charge is -2.14. The Hall–Kier alpha value is -1.92. The lowest BCUT2D eigenvalue weighted by Crippen LogP contribution is -2.33. The molecule has 88 valence electrons. The van der Waals surface area contributed by atoms with Crippen LogP contribution in [0.2, 0.25) is 0 Å². The molecule has 0 radical (unpaired) electrons. The fourth-order valence-corrected chi connectivity index (χ4v) is 1.03. The number of nitrogens with one attached hydrogen (secondary N) is 1. The van der Waals surface area contributed by atoms with E-state index in [0.717, 1.165) is 12.1 Å². The average Bonchev–Trinajstić information content (AvgIpc) is 2.28. The van der Waals surface area contributed by atoms with Gasteiger partial charge >= 0.3 is 0 Å². The molecular weight excluding hydrogens is 223 g/mol. The number of benzene rings is 1. The topological polar surface area (TPSA) is 70.6 Å². The fraction of sp³-hybridized carbons (Fsp3) is 0.222. The molecule has 0 spiro atoms. The molecule has 1 aromatic rings. The summed E-state index contributed by atoms with van der Waals surface area (Å²) < 4.78 is 38.6. The van der Waals surface area contributed by atoms with Crippen molar-refractivity contribution in [2.45, 2.75) is 13.0 Å². The SMILES string of the molecule is CC(Nc1ccc(F)c(F)c1F)C(N)=NO. The van der Waals surface area contributed by atoms with Crippen molar-refractivity contribution in [2.24, 2.45) is 10.9 Å². The Kier molecular flexibility index (Phi) is 3.60. The van der Waals surface area contributed by atoms with Crippen LogP contribution in [-0.2, 0) is 0 Å². The summed E-state index contributed by atoms with van der Waals surface area (Å²) in [4.78, 5) is 0. The van der Waals surface area contributed by atoms with Gasteiger partial charge in [-0.15, -0.1) is 0 Å². The first-order valence-electron chi connectivity index (χ1n) is 4.34. The van der Waals surface area contributed by atoms with Crippen LogP contribution < -0.4 is 11.1 Å². The van der Waals surface area contributed by atoms with Gasteiger partial charge in [0.25, 0.3) is 0 Å². The van der Waals surface area contributed by atoms with Crippen molar-refractivity contribution in [2.75, 3.05) is 5.32 Å². The quantitative estimate of drug-likeness (QED) is 0.244. The summed E-state index contributed by atoms with van der Waals surface area (Å²) in [5.74, 6) is -4.40. The second-order valence-electron chi connectivity index (χ2n) is 3.11. The fourth-order valence-electron chi connectivity index (χ4n) is 1.03. The van der Waals surface area contributed by atoms with Gasteiger partial charge < -0.3 is 16.3 Å². The van der Waals surface area contributed by atoms with Gasteiger partial charge in [-0.2, -0.15) is 0 Å². The molecule has 0 aliphatic rings. The Bertz CT molecular complexity index is 423. The zero-order chi connectivity index (χ0) is 12.3. The monoisotopic (exact) mass is 233 g/mol. The van der Waals surface area contributed by atoms with E-state index >= 15 is 0 Å². The van der Waals surface area contributed by atoms with E-state index in [1.54, 1.807) is 0 Å². The van der Waals surface area contributed by atoms with Crippen LogP contribution in [0, 0.1) is 17.5 Å². The zero-order valence-electron chi connectivity index (χ0n) is 8.34. The average molecular weight is 233 g/mol. The minimum absolute atomic E-state index is 0.205. The van der Waals surface area contributed by atoms with Gasteiger partial charge in [-0.3, -0.25) is 0 Å². The van der Waals surface area contributed by atoms with Gasteiger partial charge in [-0.05, 0) is 19.1 Å². The van der Waals surface area contributed by atoms with Crippen molar-refractivity contribution in [3.8, 4) is 0 Å². The van der Waals surface area contributed by atoms with Crippen LogP contribution in [0.4, 0.5) is 18.9 Å². The minimum Gasteiger partial charge on any atom is -0.409 e. The molecule has 4 nitrogen and oxygen atoms in total. The Morgan fingerprint density at radius 3 is 2.56 bits per heavy atom. The van der Waals surface area contributed by atoms with E-state index in [9.17, 15) is 13.2 Å². The van der Waals surface area contributed by atoms with Crippen molar-refractivity contribution in [3.05, 3.63) is 29.6 Å². The van der Waals surface area contributed by atoms with Crippen LogP contribution in [0.15, 0.2) is 17.3 Å². The van der Waals surface area contributed by atoms with E-state index in [4.69, 9.17) is 10.9 Å². The smallest absolute Gasteiger partial charge is 0.196 e. The van der Waals surface area contributed by atoms with E-state index in [1.165, 1.54) is 6.92 Å². The van der Waals surface area contributed by atoms with Gasteiger partial charge in [-0.25, -0.2) is 13.2 Å². The summed E-state index contributed by atoms with van der Waals surface area (Å²) >= 11 is 0. The predicted molar refractivity (Wildman–Crippen MR) is 52.8 cm³/mol. The number of amidine groups is 1. The minimum atomic E-state index is -1.57. The maximum absolute atomic E-state index is 13.2. The number of nitrogens with zero attached hydrogens (tertiary/aromatic N) is 1. The first-order valence-corrected chi connectivity index (χ1v) is 4.34. The van der Waals surface area contributed by atoms with E-state index in [0.29, 0.717) is 0 Å². The van der Waals surface area contributed by atoms with E-state index in [2.05, 4.69) is 10.5 Å². The molecule has 16 heavy (non-hydrogen) atoms. The summed E-state index contributed by atoms with van der Waals surface area (Å²) in [6.07, 6.45) is 0. The van der Waals surface area contributed by atoms with Crippen LogP contribution in [-0.4, -0.2) is 17.1 Å². The summed E-state index contributed by atoms with van der Waals surface area (Å²) in [5, 5.41) is 13.5. The van der Waals surface area contributed by atoms with E-state index in [1.807, 2.05) is 0 Å². The molecule has 0 saturated carbocycles. The number of hydrogen-bond donors (Lipinski definition) is 3. The van der Waals surface area contributed by atoms with Gasteiger partial charge in [0.1, 0.15) is 0 Å². The molecule has 0 fully saturated rings. The molecule has 1 unspecified atom stereocenters. The van der Waals surface area contributed by atoms with Crippen LogP contribution >= 0.6 is 0 Å². The first kappa shape index (κ1) is 12.2. The van der Waals surface area contributed by atoms with Crippen molar-refractivity contribution in [1.82, 2.24) is 0 Å². The molecule has 0 saturated heterocycles. The molecule has 1 aromatic carbocycles. The summed E-state index contributed by atoms with van der Waals surface area (Å²) in [7, 11) is 0. The number of oxime groups is 1. The molecule has 0 heterocycles. The summed E-state index contributed by atoms with van der Waals surface area (Å²) in [5.41, 5.74) is 4.96. The van der Waals surface area contributed by atoms with Crippen LogP contribution in [0.3, 0.4) is 0 Å². The Morgan fingerprint density at radius 2 is 2.00 bits per heavy atom. The number of halogens is 3. The Morgan fingerprint density at radius 1 is 1.38 bits per heavy atom. The summed E-state index contributed by atoms with van der Waals surface area (Å²) in [6, 6.07) is 1.08. The third-order valence-electron chi connectivity index (χ3n) is 1.97. The highest BCUT2D eigenvalue weighted by atomic mass is 19.2. The lowest BCUT2D eigenvalue weighted by molar-refractivity contribution is 0.316. The third-order valence-corrected chi connectivity index (χ3v) is 1.97. The van der Waals surface area contributed by atoms with E-state index < -0.39 is 23.5 Å². The van der Waals surface area contributed by atoms with Gasteiger partial charge in [0.15, 0.2) is 23.3 Å². The molecule has 0 amide bonds. The summed E-state index contributed by atoms with van der Waals surface area (Å²) in [6.45, 7) is 1.47. The van der Waals surface area contributed by atoms with Crippen LogP contribution in [0.5, 0.6) is 0 Å². The molecule has 0 aliphatic heterocycles. The maximum Gasteiger partial charge on any atom is 0.196 e. The molecule has 0 bridgehead atoms. The number of rotatable bonds is 3. The highest BCUT2D eigenvalue weighted by Crippen LogP contribution is 2.20. The number of hydrogen-bond acceptors (Lipinski definition) is 3. The molecule has 0 aliphatic carbocycles. The largest absolute Gasteiger partial charge is 0.409 e. The highest BCUT2D eigenvalue weighted by molar-refractivity contribution is 5.87. The molecule has 1 atom stereocenters. The predicted octanol–water partition coefficient (Wildman–Crippen LogP) is 1.65. The van der Waals surface area contributed by atoms with Crippen LogP contribution in [0.25, 0.3) is 0 Å². The van der Waals surface area contributed by atoms with Crippen molar-refractivity contribution < 1.29 is 18.4 Å². The van der Waals surface area contributed by atoms with Crippen molar-refractivity contribution >= 4 is 11.5 Å². The molecule has 4 N–H and O–H groups in total. The van der Waals surface area contributed by atoms with Crippen molar-refractivity contribution in [1.29, 1.82) is 0 Å². The van der Waals surface area contributed by atoms with Gasteiger partial charge in [0.2, 0.25) is 0 Å². The molecular formula is C9H10F3N3O. The number of anilines is 1. The highest BCUT2D eigenvalue weighted by Gasteiger charge is 2.16. The van der Waals surface area contributed by atoms with Crippen molar-refractivity contribution in [3.63, 3.8) is 0 Å². The molecule has 7 heteroatoms.